The summed E-state index contributed by atoms with van der Waals surface area (Å²) in [7, 11) is 3.56. The summed E-state index contributed by atoms with van der Waals surface area (Å²) in [5.41, 5.74) is 0. The number of carbonyl (C=O) groups is 1. The number of aliphatic imine (C=N–C) groups is 1. The Morgan fingerprint density at radius 2 is 2.38 bits per heavy atom. The summed E-state index contributed by atoms with van der Waals surface area (Å²) in [6.07, 6.45) is 2.96. The summed E-state index contributed by atoms with van der Waals surface area (Å²) in [4.78, 5) is 17.4. The third-order valence-corrected chi connectivity index (χ3v) is 3.66. The Kier molecular flexibility index (Phi) is 5.66. The number of rotatable bonds is 5. The molecule has 0 aliphatic carbocycles. The molecule has 0 saturated carbocycles. The van der Waals surface area contributed by atoms with Crippen molar-refractivity contribution in [1.82, 2.24) is 10.2 Å². The van der Waals surface area contributed by atoms with Crippen LogP contribution in [-0.4, -0.2) is 48.4 Å². The minimum Gasteiger partial charge on any atom is -0.364 e. The molecule has 1 aliphatic rings. The van der Waals surface area contributed by atoms with Crippen molar-refractivity contribution in [3.8, 4) is 0 Å². The zero-order valence-electron chi connectivity index (χ0n) is 10.3. The zero-order chi connectivity index (χ0) is 12.0. The normalized spacial score (nSPS) is 19.4. The van der Waals surface area contributed by atoms with Crippen LogP contribution in [0.15, 0.2) is 4.99 Å². The first-order chi connectivity index (χ1) is 7.63. The molecule has 0 aromatic heterocycles. The van der Waals surface area contributed by atoms with Gasteiger partial charge in [-0.05, 0) is 6.42 Å². The number of amidine groups is 1. The van der Waals surface area contributed by atoms with E-state index in [2.05, 4.69) is 17.2 Å². The van der Waals surface area contributed by atoms with E-state index in [1.807, 2.05) is 11.8 Å². The Morgan fingerprint density at radius 3 is 3.00 bits per heavy atom. The van der Waals surface area contributed by atoms with Crippen LogP contribution in [0.5, 0.6) is 0 Å². The van der Waals surface area contributed by atoms with Gasteiger partial charge in [0.15, 0.2) is 5.17 Å². The van der Waals surface area contributed by atoms with Gasteiger partial charge in [0.05, 0.1) is 6.54 Å². The van der Waals surface area contributed by atoms with Crippen LogP contribution in [0.1, 0.15) is 26.2 Å². The maximum atomic E-state index is 11.3. The van der Waals surface area contributed by atoms with E-state index in [1.54, 1.807) is 19.0 Å². The standard InChI is InChI=1S/C11H21N3OS/c1-4-5-9-8-13-11(16-9)12-7-6-10(15)14(2)3/h9H,4-8H2,1-3H3,(H,12,13). The SMILES string of the molecule is CCCC1CN=C(NCCC(=O)N(C)C)S1. The molecule has 1 atom stereocenters. The maximum absolute atomic E-state index is 11.3. The van der Waals surface area contributed by atoms with Gasteiger partial charge in [-0.2, -0.15) is 0 Å². The second kappa shape index (κ2) is 6.78. The summed E-state index contributed by atoms with van der Waals surface area (Å²) in [5, 5.41) is 4.86. The van der Waals surface area contributed by atoms with Crippen molar-refractivity contribution in [2.45, 2.75) is 31.4 Å². The second-order valence-corrected chi connectivity index (χ2v) is 5.43. The first-order valence-electron chi connectivity index (χ1n) is 5.78. The van der Waals surface area contributed by atoms with Gasteiger partial charge >= 0.3 is 0 Å². The van der Waals surface area contributed by atoms with Crippen LogP contribution in [0, 0.1) is 0 Å². The van der Waals surface area contributed by atoms with Crippen LogP contribution >= 0.6 is 11.8 Å². The van der Waals surface area contributed by atoms with Crippen molar-refractivity contribution in [3.63, 3.8) is 0 Å². The molecule has 5 heteroatoms. The van der Waals surface area contributed by atoms with Crippen molar-refractivity contribution in [2.24, 2.45) is 4.99 Å². The molecule has 92 valence electrons. The minimum atomic E-state index is 0.154. The molecule has 0 radical (unpaired) electrons. The molecule has 1 rings (SSSR count). The van der Waals surface area contributed by atoms with Gasteiger partial charge < -0.3 is 10.2 Å². The second-order valence-electron chi connectivity index (χ2n) is 4.14. The van der Waals surface area contributed by atoms with E-state index in [0.29, 0.717) is 18.2 Å². The van der Waals surface area contributed by atoms with Crippen LogP contribution in [0.3, 0.4) is 0 Å². The molecule has 1 unspecified atom stereocenters. The average Bonchev–Trinajstić information content (AvgIpc) is 2.66. The highest BCUT2D eigenvalue weighted by Gasteiger charge is 2.18. The fourth-order valence-corrected chi connectivity index (χ4v) is 2.64. The fourth-order valence-electron chi connectivity index (χ4n) is 1.49. The number of nitrogens with zero attached hydrogens (tertiary/aromatic N) is 2. The number of hydrogen-bond acceptors (Lipinski definition) is 4. The molecule has 0 saturated heterocycles. The number of carbonyl (C=O) groups excluding carboxylic acids is 1. The lowest BCUT2D eigenvalue weighted by molar-refractivity contribution is -0.128. The van der Waals surface area contributed by atoms with Gasteiger partial charge in [0.25, 0.3) is 0 Å². The molecule has 1 amide bonds. The number of hydrogen-bond donors (Lipinski definition) is 1. The summed E-state index contributed by atoms with van der Waals surface area (Å²) < 4.78 is 0. The van der Waals surface area contributed by atoms with Gasteiger partial charge in [-0.25, -0.2) is 0 Å². The van der Waals surface area contributed by atoms with Crippen molar-refractivity contribution in [1.29, 1.82) is 0 Å². The van der Waals surface area contributed by atoms with Crippen LogP contribution in [0.25, 0.3) is 0 Å². The van der Waals surface area contributed by atoms with Crippen LogP contribution < -0.4 is 5.32 Å². The summed E-state index contributed by atoms with van der Waals surface area (Å²) >= 11 is 1.81. The Balaban J connectivity index is 2.13. The van der Waals surface area contributed by atoms with Crippen molar-refractivity contribution in [3.05, 3.63) is 0 Å². The molecule has 4 nitrogen and oxygen atoms in total. The van der Waals surface area contributed by atoms with Crippen molar-refractivity contribution < 1.29 is 4.79 Å². The maximum Gasteiger partial charge on any atom is 0.223 e. The van der Waals surface area contributed by atoms with E-state index in [0.717, 1.165) is 11.7 Å². The largest absolute Gasteiger partial charge is 0.364 e. The topological polar surface area (TPSA) is 44.7 Å². The number of nitrogens with one attached hydrogen (secondary N) is 1. The lowest BCUT2D eigenvalue weighted by Crippen LogP contribution is -2.28. The lowest BCUT2D eigenvalue weighted by atomic mass is 10.2. The number of thioether (sulfide) groups is 1. The Labute approximate surface area is 102 Å². The highest BCUT2D eigenvalue weighted by molar-refractivity contribution is 8.14. The Morgan fingerprint density at radius 1 is 1.62 bits per heavy atom. The van der Waals surface area contributed by atoms with E-state index in [-0.39, 0.29) is 5.91 Å². The lowest BCUT2D eigenvalue weighted by Gasteiger charge is -2.11. The smallest absolute Gasteiger partial charge is 0.223 e. The molecule has 16 heavy (non-hydrogen) atoms. The molecular weight excluding hydrogens is 222 g/mol. The first-order valence-corrected chi connectivity index (χ1v) is 6.66. The molecule has 1 aliphatic heterocycles. The summed E-state index contributed by atoms with van der Waals surface area (Å²) in [6, 6.07) is 0. The molecule has 1 heterocycles. The Hall–Kier alpha value is -0.710. The molecule has 1 N–H and O–H groups in total. The highest BCUT2D eigenvalue weighted by atomic mass is 32.2. The van der Waals surface area contributed by atoms with E-state index in [4.69, 9.17) is 0 Å². The van der Waals surface area contributed by atoms with Gasteiger partial charge in [-0.1, -0.05) is 25.1 Å². The fraction of sp³-hybridized carbons (Fsp3) is 0.818. The van der Waals surface area contributed by atoms with E-state index >= 15 is 0 Å². The first kappa shape index (κ1) is 13.4. The third kappa shape index (κ3) is 4.43. The molecule has 0 fully saturated rings. The van der Waals surface area contributed by atoms with Gasteiger partial charge in [0.1, 0.15) is 0 Å². The van der Waals surface area contributed by atoms with Crippen LogP contribution in [0.2, 0.25) is 0 Å². The third-order valence-electron chi connectivity index (χ3n) is 2.44. The average molecular weight is 243 g/mol. The predicted octanol–water partition coefficient (Wildman–Crippen LogP) is 1.33. The van der Waals surface area contributed by atoms with Gasteiger partial charge in [-0.15, -0.1) is 0 Å². The Bertz CT molecular complexity index is 266. The molecule has 0 spiro atoms. The van der Waals surface area contributed by atoms with E-state index in [1.165, 1.54) is 12.8 Å². The van der Waals surface area contributed by atoms with Gasteiger partial charge in [0.2, 0.25) is 5.91 Å². The monoisotopic (exact) mass is 243 g/mol. The minimum absolute atomic E-state index is 0.154. The van der Waals surface area contributed by atoms with E-state index < -0.39 is 0 Å². The van der Waals surface area contributed by atoms with Crippen LogP contribution in [0.4, 0.5) is 0 Å². The summed E-state index contributed by atoms with van der Waals surface area (Å²) in [5.74, 6) is 0.154. The quantitative estimate of drug-likeness (QED) is 0.792. The molecule has 0 bridgehead atoms. The zero-order valence-corrected chi connectivity index (χ0v) is 11.1. The molecular formula is C11H21N3OS. The van der Waals surface area contributed by atoms with E-state index in [9.17, 15) is 4.79 Å². The predicted molar refractivity (Wildman–Crippen MR) is 69.9 cm³/mol. The van der Waals surface area contributed by atoms with Crippen molar-refractivity contribution >= 4 is 22.8 Å². The summed E-state index contributed by atoms with van der Waals surface area (Å²) in [6.45, 7) is 3.80. The van der Waals surface area contributed by atoms with Crippen LogP contribution in [-0.2, 0) is 4.79 Å². The highest BCUT2D eigenvalue weighted by Crippen LogP contribution is 2.23. The van der Waals surface area contributed by atoms with Gasteiger partial charge in [0, 0.05) is 32.3 Å². The molecule has 0 aromatic carbocycles. The molecule has 0 aromatic rings. The number of amides is 1. The van der Waals surface area contributed by atoms with Crippen molar-refractivity contribution in [2.75, 3.05) is 27.2 Å². The van der Waals surface area contributed by atoms with Gasteiger partial charge in [-0.3, -0.25) is 9.79 Å².